The summed E-state index contributed by atoms with van der Waals surface area (Å²) in [5, 5.41) is 11.2. The normalized spacial score (nSPS) is 36.6. The smallest absolute Gasteiger partial charge is 0.283 e. The molecule has 5 heteroatoms. The first-order chi connectivity index (χ1) is 10.4. The van der Waals surface area contributed by atoms with Crippen LogP contribution in [0.4, 0.5) is 0 Å². The minimum Gasteiger partial charge on any atom is -0.385 e. The van der Waals surface area contributed by atoms with Crippen molar-refractivity contribution in [2.45, 2.75) is 82.7 Å². The first kappa shape index (κ1) is 18.9. The zero-order valence-corrected chi connectivity index (χ0v) is 16.1. The van der Waals surface area contributed by atoms with Crippen LogP contribution in [-0.4, -0.2) is 38.7 Å². The number of hydrogen-bond donors (Lipinski definition) is 1. The van der Waals surface area contributed by atoms with E-state index in [1.807, 2.05) is 45.4 Å². The first-order valence-corrected chi connectivity index (χ1v) is 10.2. The Labute approximate surface area is 141 Å². The van der Waals surface area contributed by atoms with E-state index in [0.717, 1.165) is 19.3 Å². The summed E-state index contributed by atoms with van der Waals surface area (Å²) in [6.45, 7) is 14.7. The highest BCUT2D eigenvalue weighted by Crippen LogP contribution is 2.66. The molecule has 0 amide bonds. The van der Waals surface area contributed by atoms with E-state index in [2.05, 4.69) is 6.58 Å². The molecule has 0 aromatic rings. The third-order valence-corrected chi connectivity index (χ3v) is 8.45. The Balaban J connectivity index is 2.51. The molecule has 1 aliphatic carbocycles. The van der Waals surface area contributed by atoms with Crippen molar-refractivity contribution in [3.8, 4) is 0 Å². The van der Waals surface area contributed by atoms with E-state index in [1.165, 1.54) is 0 Å². The van der Waals surface area contributed by atoms with Crippen molar-refractivity contribution >= 4 is 7.52 Å². The fourth-order valence-electron chi connectivity index (χ4n) is 3.66. The molecule has 1 heterocycles. The first-order valence-electron chi connectivity index (χ1n) is 8.56. The van der Waals surface area contributed by atoms with Gasteiger partial charge in [-0.05, 0) is 60.3 Å². The molecule has 2 aliphatic rings. The van der Waals surface area contributed by atoms with Crippen LogP contribution in [0.25, 0.3) is 0 Å². The van der Waals surface area contributed by atoms with Gasteiger partial charge in [0.15, 0.2) is 0 Å². The van der Waals surface area contributed by atoms with Gasteiger partial charge in [-0.3, -0.25) is 4.57 Å². The second-order valence-electron chi connectivity index (χ2n) is 8.43. The van der Waals surface area contributed by atoms with Crippen LogP contribution in [0.15, 0.2) is 24.8 Å². The number of rotatable bonds is 3. The zero-order valence-electron chi connectivity index (χ0n) is 15.2. The fraction of sp³-hybridized carbons (Fsp3) is 0.778. The lowest BCUT2D eigenvalue weighted by Gasteiger charge is -2.52. The minimum absolute atomic E-state index is 0.304. The average Bonchev–Trinajstić information content (AvgIpc) is 2.36. The second kappa shape index (κ2) is 6.15. The fourth-order valence-corrected chi connectivity index (χ4v) is 7.24. The number of hydrogen-bond acceptors (Lipinski definition) is 3. The topological polar surface area (TPSA) is 49.8 Å². The van der Waals surface area contributed by atoms with Crippen LogP contribution in [0, 0.1) is 0 Å². The van der Waals surface area contributed by atoms with E-state index in [4.69, 9.17) is 4.52 Å². The Morgan fingerprint density at radius 1 is 1.39 bits per heavy atom. The molecule has 4 nitrogen and oxygen atoms in total. The Morgan fingerprint density at radius 2 is 2.04 bits per heavy atom. The maximum Gasteiger partial charge on any atom is 0.283 e. The van der Waals surface area contributed by atoms with E-state index in [9.17, 15) is 9.67 Å². The number of aliphatic hydroxyl groups is 1. The Morgan fingerprint density at radius 3 is 2.52 bits per heavy atom. The molecule has 2 rings (SSSR count). The molecule has 1 N–H and O–H groups in total. The van der Waals surface area contributed by atoms with Crippen molar-refractivity contribution in [2.24, 2.45) is 0 Å². The molecule has 23 heavy (non-hydrogen) atoms. The van der Waals surface area contributed by atoms with Gasteiger partial charge >= 0.3 is 0 Å². The molecule has 0 aromatic heterocycles. The van der Waals surface area contributed by atoms with Crippen LogP contribution in [-0.2, 0) is 9.09 Å². The van der Waals surface area contributed by atoms with Crippen molar-refractivity contribution < 1.29 is 14.2 Å². The Bertz CT molecular complexity index is 535. The lowest BCUT2D eigenvalue weighted by molar-refractivity contribution is 0.0133. The molecule has 0 bridgehead atoms. The highest BCUT2D eigenvalue weighted by atomic mass is 31.2. The van der Waals surface area contributed by atoms with Crippen molar-refractivity contribution in [1.29, 1.82) is 0 Å². The third-order valence-electron chi connectivity index (χ3n) is 4.86. The summed E-state index contributed by atoms with van der Waals surface area (Å²) in [4.78, 5) is 0. The Kier molecular flexibility index (Phi) is 5.06. The van der Waals surface area contributed by atoms with Crippen molar-refractivity contribution in [2.75, 3.05) is 6.54 Å². The molecule has 3 atom stereocenters. The van der Waals surface area contributed by atoms with E-state index < -0.39 is 24.4 Å². The quantitative estimate of drug-likeness (QED) is 0.606. The molecule has 0 saturated carbocycles. The van der Waals surface area contributed by atoms with E-state index in [1.54, 1.807) is 12.2 Å². The summed E-state index contributed by atoms with van der Waals surface area (Å²) in [7, 11) is -3.30. The summed E-state index contributed by atoms with van der Waals surface area (Å²) in [5.41, 5.74) is -2.53. The number of nitrogens with zero attached hydrogens (tertiary/aromatic N) is 1. The molecular weight excluding hydrogens is 309 g/mol. The van der Waals surface area contributed by atoms with Gasteiger partial charge in [0.05, 0.1) is 11.2 Å². The van der Waals surface area contributed by atoms with Gasteiger partial charge in [-0.2, -0.15) is 0 Å². The standard InChI is InChI=1S/C18H32NO3P/c1-7-15(18(20)11-9-8-10-12-18)23(21)19(16(2,3)4)14-13-17(5,6)22-23/h7,9,11,15,20H,1,8,10,12-14H2,2-6H3. The summed E-state index contributed by atoms with van der Waals surface area (Å²) < 4.78 is 22.2. The molecule has 1 saturated heterocycles. The van der Waals surface area contributed by atoms with Crippen molar-refractivity contribution in [1.82, 2.24) is 4.67 Å². The van der Waals surface area contributed by atoms with Crippen LogP contribution in [0.5, 0.6) is 0 Å². The zero-order chi connectivity index (χ0) is 17.5. The van der Waals surface area contributed by atoms with Crippen LogP contribution in [0.3, 0.4) is 0 Å². The van der Waals surface area contributed by atoms with E-state index in [0.29, 0.717) is 13.0 Å². The summed E-state index contributed by atoms with van der Waals surface area (Å²) in [6.07, 6.45) is 8.65. The monoisotopic (exact) mass is 341 g/mol. The van der Waals surface area contributed by atoms with E-state index in [-0.39, 0.29) is 5.54 Å². The lowest BCUT2D eigenvalue weighted by Crippen LogP contribution is -2.53. The average molecular weight is 341 g/mol. The van der Waals surface area contributed by atoms with E-state index >= 15 is 0 Å². The maximum absolute atomic E-state index is 14.1. The van der Waals surface area contributed by atoms with Gasteiger partial charge in [0.1, 0.15) is 5.66 Å². The summed E-state index contributed by atoms with van der Waals surface area (Å²) >= 11 is 0. The predicted molar refractivity (Wildman–Crippen MR) is 95.8 cm³/mol. The van der Waals surface area contributed by atoms with Crippen LogP contribution >= 0.6 is 7.52 Å². The molecule has 0 aromatic carbocycles. The second-order valence-corrected chi connectivity index (χ2v) is 10.8. The molecule has 3 unspecified atom stereocenters. The minimum atomic E-state index is -3.30. The molecule has 132 valence electrons. The van der Waals surface area contributed by atoms with Gasteiger partial charge < -0.3 is 9.63 Å². The van der Waals surface area contributed by atoms with Crippen LogP contribution in [0.1, 0.15) is 60.3 Å². The highest BCUT2D eigenvalue weighted by molar-refractivity contribution is 7.57. The molecule has 0 radical (unpaired) electrons. The van der Waals surface area contributed by atoms with Crippen molar-refractivity contribution in [3.05, 3.63) is 24.8 Å². The highest BCUT2D eigenvalue weighted by Gasteiger charge is 2.56. The van der Waals surface area contributed by atoms with Gasteiger partial charge in [-0.1, -0.05) is 18.2 Å². The summed E-state index contributed by atoms with van der Waals surface area (Å²) in [5.74, 6) is 0. The maximum atomic E-state index is 14.1. The van der Waals surface area contributed by atoms with Gasteiger partial charge in [-0.15, -0.1) is 6.58 Å². The summed E-state index contributed by atoms with van der Waals surface area (Å²) in [6, 6.07) is 0. The molecule has 1 aliphatic heterocycles. The van der Waals surface area contributed by atoms with Crippen LogP contribution in [0.2, 0.25) is 0 Å². The molecule has 1 fully saturated rings. The predicted octanol–water partition coefficient (Wildman–Crippen LogP) is 4.50. The number of allylic oxidation sites excluding steroid dienone is 1. The molecular formula is C18H32NO3P. The largest absolute Gasteiger partial charge is 0.385 e. The van der Waals surface area contributed by atoms with Gasteiger partial charge in [0.2, 0.25) is 0 Å². The molecule has 0 spiro atoms. The van der Waals surface area contributed by atoms with Gasteiger partial charge in [0, 0.05) is 12.1 Å². The third kappa shape index (κ3) is 3.66. The van der Waals surface area contributed by atoms with Crippen molar-refractivity contribution in [3.63, 3.8) is 0 Å². The SMILES string of the molecule is C=CC(C1(O)C=CCCC1)P1(=O)OC(C)(C)CCN1C(C)(C)C. The van der Waals surface area contributed by atoms with Gasteiger partial charge in [0.25, 0.3) is 7.52 Å². The van der Waals surface area contributed by atoms with Crippen LogP contribution < -0.4 is 0 Å². The Hall–Kier alpha value is -0.410. The lowest BCUT2D eigenvalue weighted by atomic mass is 9.88. The van der Waals surface area contributed by atoms with Gasteiger partial charge in [-0.25, -0.2) is 4.67 Å².